The highest BCUT2D eigenvalue weighted by molar-refractivity contribution is 5.79. The molecule has 0 aromatic heterocycles. The van der Waals surface area contributed by atoms with Crippen molar-refractivity contribution in [3.8, 4) is 11.1 Å². The molecule has 1 fully saturated rings. The molecule has 2 amide bonds. The van der Waals surface area contributed by atoms with Crippen molar-refractivity contribution in [3.63, 3.8) is 0 Å². The predicted molar refractivity (Wildman–Crippen MR) is 119 cm³/mol. The minimum Gasteiger partial charge on any atom is -0.481 e. The molecule has 0 saturated carbocycles. The van der Waals surface area contributed by atoms with Gasteiger partial charge in [-0.2, -0.15) is 0 Å². The van der Waals surface area contributed by atoms with E-state index in [0.717, 1.165) is 24.0 Å². The van der Waals surface area contributed by atoms with E-state index in [9.17, 15) is 14.4 Å². The first-order valence-corrected chi connectivity index (χ1v) is 11.1. The van der Waals surface area contributed by atoms with E-state index in [1.807, 2.05) is 24.3 Å². The van der Waals surface area contributed by atoms with Crippen LogP contribution in [0.3, 0.4) is 0 Å². The molecule has 1 heterocycles. The molecule has 1 saturated heterocycles. The lowest BCUT2D eigenvalue weighted by molar-refractivity contribution is -0.138. The molecule has 2 aromatic carbocycles. The Hall–Kier alpha value is -3.35. The Balaban J connectivity index is 1.25. The molecule has 1 atom stereocenters. The Bertz CT molecular complexity index is 960. The first-order chi connectivity index (χ1) is 15.5. The Kier molecular flexibility index (Phi) is 6.73. The van der Waals surface area contributed by atoms with Crippen LogP contribution in [0.25, 0.3) is 11.1 Å². The molecule has 1 aliphatic heterocycles. The predicted octanol–water partition coefficient (Wildman–Crippen LogP) is 3.77. The maximum absolute atomic E-state index is 12.5. The van der Waals surface area contributed by atoms with Crippen molar-refractivity contribution in [2.75, 3.05) is 19.7 Å². The largest absolute Gasteiger partial charge is 0.481 e. The Morgan fingerprint density at radius 3 is 2.31 bits per heavy atom. The van der Waals surface area contributed by atoms with Crippen LogP contribution in [0, 0.1) is 0 Å². The average Bonchev–Trinajstić information content (AvgIpc) is 3.39. The zero-order valence-electron chi connectivity index (χ0n) is 18.0. The van der Waals surface area contributed by atoms with Gasteiger partial charge in [0.15, 0.2) is 0 Å². The van der Waals surface area contributed by atoms with Gasteiger partial charge in [0, 0.05) is 37.9 Å². The summed E-state index contributed by atoms with van der Waals surface area (Å²) < 4.78 is 5.49. The normalized spacial score (nSPS) is 17.0. The van der Waals surface area contributed by atoms with Crippen LogP contribution in [0.5, 0.6) is 0 Å². The van der Waals surface area contributed by atoms with Crippen molar-refractivity contribution in [2.45, 2.75) is 44.1 Å². The molecule has 1 aliphatic carbocycles. The highest BCUT2D eigenvalue weighted by atomic mass is 16.5. The number of rotatable bonds is 8. The third-order valence-corrected chi connectivity index (χ3v) is 6.34. The van der Waals surface area contributed by atoms with Crippen LogP contribution in [0.1, 0.15) is 49.1 Å². The number of carboxylic acids is 1. The number of nitrogens with zero attached hydrogens (tertiary/aromatic N) is 1. The van der Waals surface area contributed by atoms with Gasteiger partial charge in [-0.25, -0.2) is 4.79 Å². The van der Waals surface area contributed by atoms with Gasteiger partial charge < -0.3 is 20.1 Å². The number of fused-ring (bicyclic) bond motifs is 3. The number of likely N-dealkylation sites (tertiary alicyclic amines) is 1. The molecule has 0 spiro atoms. The third-order valence-electron chi connectivity index (χ3n) is 6.34. The first kappa shape index (κ1) is 21.9. The van der Waals surface area contributed by atoms with Crippen LogP contribution >= 0.6 is 0 Å². The number of benzene rings is 2. The van der Waals surface area contributed by atoms with Gasteiger partial charge in [0.25, 0.3) is 0 Å². The number of ether oxygens (including phenoxy) is 1. The number of alkyl carbamates (subject to hydrolysis) is 1. The molecule has 32 heavy (non-hydrogen) atoms. The number of nitrogens with one attached hydrogen (secondary N) is 1. The maximum Gasteiger partial charge on any atom is 0.407 e. The lowest BCUT2D eigenvalue weighted by atomic mass is 9.98. The molecule has 2 N–H and O–H groups in total. The summed E-state index contributed by atoms with van der Waals surface area (Å²) in [5, 5.41) is 11.5. The second kappa shape index (κ2) is 9.85. The van der Waals surface area contributed by atoms with Crippen molar-refractivity contribution in [1.29, 1.82) is 0 Å². The summed E-state index contributed by atoms with van der Waals surface area (Å²) in [4.78, 5) is 37.3. The monoisotopic (exact) mass is 436 g/mol. The van der Waals surface area contributed by atoms with E-state index in [1.54, 1.807) is 4.90 Å². The third kappa shape index (κ3) is 4.77. The zero-order chi connectivity index (χ0) is 22.5. The maximum atomic E-state index is 12.5. The second-order valence-corrected chi connectivity index (χ2v) is 8.32. The molecule has 4 rings (SSSR count). The fraction of sp³-hybridized carbons (Fsp3) is 0.400. The van der Waals surface area contributed by atoms with Gasteiger partial charge in [-0.05, 0) is 41.5 Å². The molecule has 168 valence electrons. The quantitative estimate of drug-likeness (QED) is 0.657. The zero-order valence-corrected chi connectivity index (χ0v) is 18.0. The molecule has 0 bridgehead atoms. The Morgan fingerprint density at radius 2 is 1.66 bits per heavy atom. The summed E-state index contributed by atoms with van der Waals surface area (Å²) >= 11 is 0. The molecule has 2 aliphatic rings. The number of carbonyl (C=O) groups is 3. The van der Waals surface area contributed by atoms with E-state index in [2.05, 4.69) is 29.6 Å². The Morgan fingerprint density at radius 1 is 1.00 bits per heavy atom. The van der Waals surface area contributed by atoms with Crippen LogP contribution in [0.2, 0.25) is 0 Å². The van der Waals surface area contributed by atoms with Gasteiger partial charge in [-0.1, -0.05) is 48.5 Å². The van der Waals surface area contributed by atoms with Gasteiger partial charge in [0.05, 0.1) is 0 Å². The van der Waals surface area contributed by atoms with E-state index >= 15 is 0 Å². The van der Waals surface area contributed by atoms with E-state index in [0.29, 0.717) is 13.0 Å². The minimum atomic E-state index is -0.846. The van der Waals surface area contributed by atoms with Crippen molar-refractivity contribution >= 4 is 18.0 Å². The SMILES string of the molecule is O=C(O)CCC1CCCN1C(=O)CCNC(=O)OCC1c2ccccc2-c2ccccc21. The molecule has 1 unspecified atom stereocenters. The van der Waals surface area contributed by atoms with Gasteiger partial charge in [0.2, 0.25) is 5.91 Å². The van der Waals surface area contributed by atoms with E-state index < -0.39 is 12.1 Å². The standard InChI is InChI=1S/C25H28N2O5/c28-23(27-15-5-6-17(27)11-12-24(29)30)13-14-26-25(31)32-16-22-20-9-3-1-7-18(20)19-8-2-4-10-21(19)22/h1-4,7-10,17,22H,5-6,11-16H2,(H,26,31)(H,29,30). The fourth-order valence-corrected chi connectivity index (χ4v) is 4.82. The number of carboxylic acid groups (broad SMARTS) is 1. The van der Waals surface area contributed by atoms with Gasteiger partial charge >= 0.3 is 12.1 Å². The van der Waals surface area contributed by atoms with Crippen molar-refractivity contribution < 1.29 is 24.2 Å². The smallest absolute Gasteiger partial charge is 0.407 e. The van der Waals surface area contributed by atoms with Crippen LogP contribution in [-0.4, -0.2) is 53.7 Å². The first-order valence-electron chi connectivity index (χ1n) is 11.1. The Labute approximate surface area is 187 Å². The summed E-state index contributed by atoms with van der Waals surface area (Å²) in [6.07, 6.45) is 1.89. The minimum absolute atomic E-state index is 0.00521. The van der Waals surface area contributed by atoms with Crippen molar-refractivity contribution in [3.05, 3.63) is 59.7 Å². The molecule has 0 radical (unpaired) electrons. The average molecular weight is 437 g/mol. The van der Waals surface area contributed by atoms with Crippen LogP contribution < -0.4 is 5.32 Å². The lowest BCUT2D eigenvalue weighted by Gasteiger charge is -2.24. The number of hydrogen-bond donors (Lipinski definition) is 2. The van der Waals surface area contributed by atoms with E-state index in [-0.39, 0.29) is 43.9 Å². The molecule has 2 aromatic rings. The van der Waals surface area contributed by atoms with E-state index in [1.165, 1.54) is 11.1 Å². The second-order valence-electron chi connectivity index (χ2n) is 8.32. The number of carbonyl (C=O) groups excluding carboxylic acids is 2. The summed E-state index contributed by atoms with van der Waals surface area (Å²) in [6, 6.07) is 16.3. The highest BCUT2D eigenvalue weighted by Crippen LogP contribution is 2.44. The lowest BCUT2D eigenvalue weighted by Crippen LogP contribution is -2.38. The van der Waals surface area contributed by atoms with Gasteiger partial charge in [-0.3, -0.25) is 9.59 Å². The molecule has 7 heteroatoms. The van der Waals surface area contributed by atoms with Crippen LogP contribution in [0.15, 0.2) is 48.5 Å². The number of amides is 2. The summed E-state index contributed by atoms with van der Waals surface area (Å²) in [5.41, 5.74) is 4.65. The van der Waals surface area contributed by atoms with Crippen LogP contribution in [-0.2, 0) is 14.3 Å². The number of aliphatic carboxylic acids is 1. The molecular weight excluding hydrogens is 408 g/mol. The fourth-order valence-electron chi connectivity index (χ4n) is 4.82. The molecular formula is C25H28N2O5. The van der Waals surface area contributed by atoms with Crippen LogP contribution in [0.4, 0.5) is 4.79 Å². The van der Waals surface area contributed by atoms with Gasteiger partial charge in [-0.15, -0.1) is 0 Å². The molecule has 7 nitrogen and oxygen atoms in total. The summed E-state index contributed by atoms with van der Waals surface area (Å²) in [7, 11) is 0. The van der Waals surface area contributed by atoms with Crippen molar-refractivity contribution in [1.82, 2.24) is 10.2 Å². The number of hydrogen-bond acceptors (Lipinski definition) is 4. The summed E-state index contributed by atoms with van der Waals surface area (Å²) in [5.74, 6) is -0.910. The topological polar surface area (TPSA) is 95.9 Å². The van der Waals surface area contributed by atoms with E-state index in [4.69, 9.17) is 9.84 Å². The summed E-state index contributed by atoms with van der Waals surface area (Å²) in [6.45, 7) is 1.07. The highest BCUT2D eigenvalue weighted by Gasteiger charge is 2.30. The van der Waals surface area contributed by atoms with Crippen molar-refractivity contribution in [2.24, 2.45) is 0 Å². The van der Waals surface area contributed by atoms with Gasteiger partial charge in [0.1, 0.15) is 6.61 Å².